The zero-order valence-electron chi connectivity index (χ0n) is 17.7. The van der Waals surface area contributed by atoms with Crippen molar-refractivity contribution < 1.29 is 14.7 Å². The van der Waals surface area contributed by atoms with Gasteiger partial charge >= 0.3 is 5.97 Å². The fourth-order valence-corrected chi connectivity index (χ4v) is 5.73. The Hall–Kier alpha value is -2.78. The lowest BCUT2D eigenvalue weighted by Gasteiger charge is -2.37. The number of hydrogen-bond acceptors (Lipinski definition) is 6. The van der Waals surface area contributed by atoms with Crippen LogP contribution in [0.4, 0.5) is 5.69 Å². The Morgan fingerprint density at radius 3 is 2.62 bits per heavy atom. The van der Waals surface area contributed by atoms with Crippen LogP contribution in [-0.4, -0.2) is 43.3 Å². The molecule has 0 radical (unpaired) electrons. The molecule has 2 aromatic carbocycles. The number of benzene rings is 2. The predicted molar refractivity (Wildman–Crippen MR) is 126 cm³/mol. The maximum atomic E-state index is 13.5. The number of aliphatic carboxylic acids is 1. The van der Waals surface area contributed by atoms with Crippen LogP contribution < -0.4 is 4.90 Å². The van der Waals surface area contributed by atoms with Crippen LogP contribution in [0.2, 0.25) is 0 Å². The van der Waals surface area contributed by atoms with Crippen LogP contribution in [0.5, 0.6) is 0 Å². The lowest BCUT2D eigenvalue weighted by atomic mass is 10.1. The number of aryl methyl sites for hydroxylation is 1. The van der Waals surface area contributed by atoms with Gasteiger partial charge in [-0.3, -0.25) is 14.2 Å². The second kappa shape index (κ2) is 10.2. The highest BCUT2D eigenvalue weighted by Gasteiger charge is 2.32. The lowest BCUT2D eigenvalue weighted by Crippen LogP contribution is -2.39. The van der Waals surface area contributed by atoms with E-state index in [0.717, 1.165) is 28.3 Å². The first-order valence-electron chi connectivity index (χ1n) is 10.4. The molecular weight excluding hydrogens is 444 g/mol. The van der Waals surface area contributed by atoms with Gasteiger partial charge in [0.2, 0.25) is 5.91 Å². The summed E-state index contributed by atoms with van der Waals surface area (Å²) in [4.78, 5) is 27.8. The number of carbonyl (C=O) groups excluding carboxylic acids is 1. The van der Waals surface area contributed by atoms with Crippen LogP contribution in [0, 0.1) is 0 Å². The molecule has 0 bridgehead atoms. The second-order valence-electron chi connectivity index (χ2n) is 7.39. The maximum Gasteiger partial charge on any atom is 0.323 e. The second-order valence-corrected chi connectivity index (χ2v) is 9.39. The summed E-state index contributed by atoms with van der Waals surface area (Å²) in [7, 11) is 0. The van der Waals surface area contributed by atoms with Crippen molar-refractivity contribution in [2.75, 3.05) is 16.4 Å². The van der Waals surface area contributed by atoms with Crippen LogP contribution in [0.15, 0.2) is 64.6 Å². The number of para-hydroxylation sites is 1. The monoisotopic (exact) mass is 468 g/mol. The van der Waals surface area contributed by atoms with Gasteiger partial charge in [-0.1, -0.05) is 61.2 Å². The number of anilines is 1. The molecular formula is C23H24N4O3S2. The molecule has 166 valence electrons. The molecule has 0 saturated heterocycles. The Bertz CT molecular complexity index is 1100. The normalized spacial score (nSPS) is 15.4. The van der Waals surface area contributed by atoms with E-state index < -0.39 is 5.97 Å². The summed E-state index contributed by atoms with van der Waals surface area (Å²) in [6.45, 7) is 1.79. The first kappa shape index (κ1) is 22.4. The largest absolute Gasteiger partial charge is 0.480 e. The van der Waals surface area contributed by atoms with E-state index in [4.69, 9.17) is 0 Å². The van der Waals surface area contributed by atoms with E-state index >= 15 is 0 Å². The summed E-state index contributed by atoms with van der Waals surface area (Å²) in [5.74, 6) is 0.547. The Kier molecular flexibility index (Phi) is 7.16. The first-order valence-corrected chi connectivity index (χ1v) is 12.4. The highest BCUT2D eigenvalue weighted by atomic mass is 32.2. The van der Waals surface area contributed by atoms with Crippen LogP contribution in [-0.2, 0) is 22.6 Å². The van der Waals surface area contributed by atoms with Crippen LogP contribution in [0.25, 0.3) is 0 Å². The highest BCUT2D eigenvalue weighted by Crippen LogP contribution is 2.43. The van der Waals surface area contributed by atoms with Crippen molar-refractivity contribution in [3.63, 3.8) is 0 Å². The molecule has 2 heterocycles. The lowest BCUT2D eigenvalue weighted by molar-refractivity contribution is -0.137. The fourth-order valence-electron chi connectivity index (χ4n) is 3.74. The van der Waals surface area contributed by atoms with E-state index in [-0.39, 0.29) is 24.2 Å². The molecule has 1 unspecified atom stereocenters. The average Bonchev–Trinajstić information content (AvgIpc) is 3.18. The Morgan fingerprint density at radius 2 is 1.88 bits per heavy atom. The van der Waals surface area contributed by atoms with Crippen molar-refractivity contribution >= 4 is 41.1 Å². The minimum Gasteiger partial charge on any atom is -0.480 e. The zero-order valence-corrected chi connectivity index (χ0v) is 19.3. The molecule has 4 rings (SSSR count). The Morgan fingerprint density at radius 1 is 1.12 bits per heavy atom. The van der Waals surface area contributed by atoms with Crippen molar-refractivity contribution in [2.45, 2.75) is 42.4 Å². The molecule has 0 saturated carbocycles. The van der Waals surface area contributed by atoms with Crippen LogP contribution in [0.1, 0.15) is 30.8 Å². The van der Waals surface area contributed by atoms with Gasteiger partial charge in [-0.25, -0.2) is 0 Å². The molecule has 0 spiro atoms. The van der Waals surface area contributed by atoms with Crippen LogP contribution >= 0.6 is 23.5 Å². The van der Waals surface area contributed by atoms with Gasteiger partial charge in [-0.2, -0.15) is 0 Å². The molecule has 9 heteroatoms. The molecule has 1 amide bonds. The molecule has 32 heavy (non-hydrogen) atoms. The van der Waals surface area contributed by atoms with Crippen molar-refractivity contribution in [1.29, 1.82) is 0 Å². The van der Waals surface area contributed by atoms with Crippen molar-refractivity contribution in [1.82, 2.24) is 14.8 Å². The molecule has 1 atom stereocenters. The number of hydrogen-bond donors (Lipinski definition) is 1. The zero-order chi connectivity index (χ0) is 22.5. The Balaban J connectivity index is 1.59. The average molecular weight is 469 g/mol. The molecule has 1 aromatic heterocycles. The third-order valence-corrected chi connectivity index (χ3v) is 7.26. The SMILES string of the molecule is CCCc1nnc(SCC(=O)N2c3ccccc3SCC2c2ccccc2)n1CC(=O)O. The number of fused-ring (bicyclic) bond motifs is 1. The number of carbonyl (C=O) groups is 2. The van der Waals surface area contributed by atoms with Gasteiger partial charge in [-0.05, 0) is 24.1 Å². The van der Waals surface area contributed by atoms with E-state index in [1.807, 2.05) is 66.4 Å². The van der Waals surface area contributed by atoms with E-state index in [9.17, 15) is 14.7 Å². The summed E-state index contributed by atoms with van der Waals surface area (Å²) in [5.41, 5.74) is 1.99. The molecule has 1 aliphatic rings. The molecule has 7 nitrogen and oxygen atoms in total. The van der Waals surface area contributed by atoms with Gasteiger partial charge in [0, 0.05) is 17.1 Å². The molecule has 0 aliphatic carbocycles. The van der Waals surface area contributed by atoms with Gasteiger partial charge in [0.15, 0.2) is 5.16 Å². The number of rotatable bonds is 8. The van der Waals surface area contributed by atoms with Gasteiger partial charge in [-0.15, -0.1) is 22.0 Å². The minimum absolute atomic E-state index is 0.0430. The molecule has 1 N–H and O–H groups in total. The Labute approximate surface area is 195 Å². The number of carboxylic acids is 1. The predicted octanol–water partition coefficient (Wildman–Crippen LogP) is 4.29. The standard InChI is InChI=1S/C23H24N4O3S2/c1-2-8-20-24-25-23(26(20)13-22(29)30)32-15-21(28)27-17-11-6-7-12-19(17)31-14-18(27)16-9-4-3-5-10-16/h3-7,9-12,18H,2,8,13-15H2,1H3,(H,29,30). The van der Waals surface area contributed by atoms with E-state index in [2.05, 4.69) is 10.2 Å². The number of nitrogens with zero attached hydrogens (tertiary/aromatic N) is 4. The number of amides is 1. The third-order valence-electron chi connectivity index (χ3n) is 5.17. The third kappa shape index (κ3) is 4.83. The quantitative estimate of drug-likeness (QED) is 0.494. The summed E-state index contributed by atoms with van der Waals surface area (Å²) in [6, 6.07) is 17.9. The molecule has 3 aromatic rings. The number of thioether (sulfide) groups is 2. The van der Waals surface area contributed by atoms with Gasteiger partial charge in [0.1, 0.15) is 12.4 Å². The smallest absolute Gasteiger partial charge is 0.323 e. The molecule has 1 aliphatic heterocycles. The first-order chi connectivity index (χ1) is 15.6. The van der Waals surface area contributed by atoms with Gasteiger partial charge in [0.05, 0.1) is 17.5 Å². The minimum atomic E-state index is -0.957. The van der Waals surface area contributed by atoms with E-state index in [1.165, 1.54) is 11.8 Å². The van der Waals surface area contributed by atoms with Gasteiger partial charge in [0.25, 0.3) is 0 Å². The van der Waals surface area contributed by atoms with E-state index in [0.29, 0.717) is 17.4 Å². The fraction of sp³-hybridized carbons (Fsp3) is 0.304. The number of aromatic nitrogens is 3. The summed E-state index contributed by atoms with van der Waals surface area (Å²) < 4.78 is 1.60. The topological polar surface area (TPSA) is 88.3 Å². The molecule has 0 fully saturated rings. The highest BCUT2D eigenvalue weighted by molar-refractivity contribution is 8.00. The summed E-state index contributed by atoms with van der Waals surface area (Å²) in [5, 5.41) is 18.1. The van der Waals surface area contributed by atoms with Crippen molar-refractivity contribution in [2.24, 2.45) is 0 Å². The van der Waals surface area contributed by atoms with Crippen molar-refractivity contribution in [3.05, 3.63) is 66.0 Å². The van der Waals surface area contributed by atoms with Gasteiger partial charge < -0.3 is 10.0 Å². The summed E-state index contributed by atoms with van der Waals surface area (Å²) in [6.07, 6.45) is 1.48. The maximum absolute atomic E-state index is 13.5. The van der Waals surface area contributed by atoms with Crippen molar-refractivity contribution in [3.8, 4) is 0 Å². The van der Waals surface area contributed by atoms with Crippen LogP contribution in [0.3, 0.4) is 0 Å². The summed E-state index contributed by atoms with van der Waals surface area (Å²) >= 11 is 2.99. The van der Waals surface area contributed by atoms with E-state index in [1.54, 1.807) is 16.3 Å². The number of carboxylic acid groups (broad SMARTS) is 1.